The van der Waals surface area contributed by atoms with Gasteiger partial charge in [-0.2, -0.15) is 4.31 Å². The summed E-state index contributed by atoms with van der Waals surface area (Å²) in [5, 5.41) is 7.71. The quantitative estimate of drug-likeness (QED) is 0.804. The molecule has 0 unspecified atom stereocenters. The first-order valence-corrected chi connectivity index (χ1v) is 10.7. The summed E-state index contributed by atoms with van der Waals surface area (Å²) >= 11 is 0. The van der Waals surface area contributed by atoms with Crippen molar-refractivity contribution in [3.8, 4) is 0 Å². The fourth-order valence-corrected chi connectivity index (χ4v) is 5.33. The zero-order valence-electron chi connectivity index (χ0n) is 15.7. The van der Waals surface area contributed by atoms with Crippen molar-refractivity contribution in [3.05, 3.63) is 83.4 Å². The Balaban J connectivity index is 1.64. The maximum Gasteiger partial charge on any atom is 0.243 e. The summed E-state index contributed by atoms with van der Waals surface area (Å²) < 4.78 is 27.7. The zero-order chi connectivity index (χ0) is 19.6. The molecule has 4 rings (SSSR count). The van der Waals surface area contributed by atoms with Crippen LogP contribution in [-0.4, -0.2) is 25.8 Å². The average Bonchev–Trinajstić information content (AvgIpc) is 2.75. The summed E-state index contributed by atoms with van der Waals surface area (Å²) in [6.45, 7) is 2.80. The van der Waals surface area contributed by atoms with E-state index in [0.29, 0.717) is 30.8 Å². The number of sulfonamides is 1. The van der Waals surface area contributed by atoms with E-state index in [-0.39, 0.29) is 5.41 Å². The van der Waals surface area contributed by atoms with Crippen molar-refractivity contribution in [1.29, 1.82) is 0 Å². The fraction of sp³-hybridized carbons (Fsp3) is 0.286. The molecule has 7 heteroatoms. The van der Waals surface area contributed by atoms with Crippen LogP contribution in [0.2, 0.25) is 0 Å². The number of benzene rings is 2. The van der Waals surface area contributed by atoms with Gasteiger partial charge in [-0.15, -0.1) is 5.11 Å². The Morgan fingerprint density at radius 3 is 2.32 bits per heavy atom. The number of hydrogen-bond donors (Lipinski definition) is 1. The zero-order valence-corrected chi connectivity index (χ0v) is 16.5. The van der Waals surface area contributed by atoms with Crippen molar-refractivity contribution in [3.63, 3.8) is 0 Å². The number of nitrogens with zero attached hydrogens (tertiary/aromatic N) is 3. The highest BCUT2D eigenvalue weighted by Gasteiger charge is 2.43. The monoisotopic (exact) mass is 394 g/mol. The summed E-state index contributed by atoms with van der Waals surface area (Å²) in [7, 11) is -3.51. The van der Waals surface area contributed by atoms with Gasteiger partial charge < -0.3 is 0 Å². The van der Waals surface area contributed by atoms with E-state index in [4.69, 9.17) is 0 Å². The predicted molar refractivity (Wildman–Crippen MR) is 107 cm³/mol. The highest BCUT2D eigenvalue weighted by Crippen LogP contribution is 2.42. The lowest BCUT2D eigenvalue weighted by molar-refractivity contribution is 0.253. The van der Waals surface area contributed by atoms with Crippen molar-refractivity contribution in [2.24, 2.45) is 10.3 Å². The van der Waals surface area contributed by atoms with E-state index in [1.807, 2.05) is 37.3 Å². The van der Waals surface area contributed by atoms with Crippen LogP contribution in [-0.2, 0) is 15.4 Å². The van der Waals surface area contributed by atoms with Crippen LogP contribution < -0.4 is 5.43 Å². The van der Waals surface area contributed by atoms with Crippen molar-refractivity contribution < 1.29 is 8.42 Å². The van der Waals surface area contributed by atoms with Gasteiger partial charge in [0.1, 0.15) is 0 Å². The van der Waals surface area contributed by atoms with E-state index in [0.717, 1.165) is 16.8 Å². The summed E-state index contributed by atoms with van der Waals surface area (Å²) in [6.07, 6.45) is 2.83. The first kappa shape index (κ1) is 18.6. The van der Waals surface area contributed by atoms with Gasteiger partial charge in [-0.1, -0.05) is 59.0 Å². The Bertz CT molecular complexity index is 1050. The molecule has 1 N–H and O–H groups in total. The summed E-state index contributed by atoms with van der Waals surface area (Å²) in [5.41, 5.74) is 8.79. The molecule has 1 fully saturated rings. The number of piperidine rings is 1. The summed E-state index contributed by atoms with van der Waals surface area (Å²) in [4.78, 5) is 0.342. The molecule has 0 radical (unpaired) electrons. The van der Waals surface area contributed by atoms with E-state index in [1.54, 1.807) is 22.6 Å². The topological polar surface area (TPSA) is 74.1 Å². The van der Waals surface area contributed by atoms with Crippen LogP contribution in [0.1, 0.15) is 24.0 Å². The van der Waals surface area contributed by atoms with Crippen molar-refractivity contribution >= 4 is 10.0 Å². The SMILES string of the molecule is Cc1ccc(S(=O)(=O)N2CCC(C3=C=CN=NN3)(c3ccccc3)CC2)cc1. The first-order chi connectivity index (χ1) is 13.5. The minimum Gasteiger partial charge on any atom is -0.255 e. The van der Waals surface area contributed by atoms with Crippen LogP contribution >= 0.6 is 0 Å². The van der Waals surface area contributed by atoms with Crippen LogP contribution in [0.15, 0.2) is 87.5 Å². The largest absolute Gasteiger partial charge is 0.255 e. The molecule has 2 aliphatic heterocycles. The van der Waals surface area contributed by atoms with Gasteiger partial charge in [0.05, 0.1) is 16.8 Å². The van der Waals surface area contributed by atoms with Gasteiger partial charge >= 0.3 is 0 Å². The third-order valence-corrected chi connectivity index (χ3v) is 7.44. The molecule has 0 atom stereocenters. The lowest BCUT2D eigenvalue weighted by Crippen LogP contribution is -2.47. The van der Waals surface area contributed by atoms with Gasteiger partial charge in [-0.05, 0) is 37.5 Å². The minimum absolute atomic E-state index is 0.342. The second-order valence-electron chi connectivity index (χ2n) is 7.14. The molecular formula is C21H22N4O2S. The fourth-order valence-electron chi connectivity index (χ4n) is 3.89. The van der Waals surface area contributed by atoms with E-state index in [1.165, 1.54) is 0 Å². The van der Waals surface area contributed by atoms with Crippen LogP contribution in [0.5, 0.6) is 0 Å². The Hall–Kier alpha value is -2.73. The van der Waals surface area contributed by atoms with Crippen molar-refractivity contribution in [1.82, 2.24) is 9.73 Å². The number of rotatable bonds is 4. The standard InChI is InChI=1S/C21H22N4O2S/c1-17-7-9-19(10-8-17)28(26,27)25-15-12-21(13-16-25,18-5-3-2-4-6-18)20-11-14-22-24-23-20/h2-10,14H,12-13,15-16H2,1H3,(H,22,23). The molecule has 2 aromatic carbocycles. The third-order valence-electron chi connectivity index (χ3n) is 5.53. The smallest absolute Gasteiger partial charge is 0.243 e. The summed E-state index contributed by atoms with van der Waals surface area (Å²) in [5.74, 6) is 0. The van der Waals surface area contributed by atoms with Gasteiger partial charge in [-0.3, -0.25) is 5.43 Å². The number of aryl methyl sites for hydroxylation is 1. The Morgan fingerprint density at radius 1 is 1.04 bits per heavy atom. The molecule has 144 valence electrons. The molecular weight excluding hydrogens is 372 g/mol. The van der Waals surface area contributed by atoms with Gasteiger partial charge in [0.2, 0.25) is 10.0 Å². The molecule has 6 nitrogen and oxygen atoms in total. The number of hydrogen-bond acceptors (Lipinski definition) is 5. The van der Waals surface area contributed by atoms with Gasteiger partial charge in [-0.25, -0.2) is 8.42 Å². The number of nitrogens with one attached hydrogen (secondary N) is 1. The molecule has 0 bridgehead atoms. The average molecular weight is 395 g/mol. The Morgan fingerprint density at radius 2 is 1.71 bits per heavy atom. The lowest BCUT2D eigenvalue weighted by atomic mass is 9.71. The maximum absolute atomic E-state index is 13.1. The lowest BCUT2D eigenvalue weighted by Gasteiger charge is -2.42. The highest BCUT2D eigenvalue weighted by atomic mass is 32.2. The summed E-state index contributed by atoms with van der Waals surface area (Å²) in [6, 6.07) is 17.2. The Kier molecular flexibility index (Phi) is 4.89. The van der Waals surface area contributed by atoms with Crippen LogP contribution in [0.3, 0.4) is 0 Å². The maximum atomic E-state index is 13.1. The molecule has 0 saturated carbocycles. The van der Waals surface area contributed by atoms with Crippen LogP contribution in [0.4, 0.5) is 0 Å². The van der Waals surface area contributed by atoms with Crippen molar-refractivity contribution in [2.75, 3.05) is 13.1 Å². The van der Waals surface area contributed by atoms with Gasteiger partial charge in [0.25, 0.3) is 0 Å². The molecule has 0 aromatic heterocycles. The highest BCUT2D eigenvalue weighted by molar-refractivity contribution is 7.89. The molecule has 0 aliphatic carbocycles. The third kappa shape index (κ3) is 3.29. The second-order valence-corrected chi connectivity index (χ2v) is 9.08. The van der Waals surface area contributed by atoms with E-state index in [2.05, 4.69) is 33.6 Å². The first-order valence-electron chi connectivity index (χ1n) is 9.26. The molecule has 2 aromatic rings. The van der Waals surface area contributed by atoms with Crippen LogP contribution in [0, 0.1) is 6.92 Å². The predicted octanol–water partition coefficient (Wildman–Crippen LogP) is 3.68. The van der Waals surface area contributed by atoms with Gasteiger partial charge in [0, 0.05) is 18.5 Å². The molecule has 1 saturated heterocycles. The molecule has 28 heavy (non-hydrogen) atoms. The number of allylic oxidation sites excluding steroid dienone is 1. The minimum atomic E-state index is -3.51. The Labute approximate surface area is 165 Å². The second kappa shape index (κ2) is 7.36. The molecule has 0 amide bonds. The van der Waals surface area contributed by atoms with Crippen LogP contribution in [0.25, 0.3) is 0 Å². The van der Waals surface area contributed by atoms with E-state index in [9.17, 15) is 8.42 Å². The van der Waals surface area contributed by atoms with Gasteiger partial charge in [0.15, 0.2) is 0 Å². The molecule has 2 aliphatic rings. The van der Waals surface area contributed by atoms with E-state index < -0.39 is 10.0 Å². The normalized spacial score (nSPS) is 19.1. The van der Waals surface area contributed by atoms with Crippen molar-refractivity contribution in [2.45, 2.75) is 30.1 Å². The van der Waals surface area contributed by atoms with E-state index >= 15 is 0 Å². The molecule has 0 spiro atoms. The molecule has 2 heterocycles.